The summed E-state index contributed by atoms with van der Waals surface area (Å²) < 4.78 is 0. The van der Waals surface area contributed by atoms with Crippen LogP contribution in [-0.4, -0.2) is 13.1 Å². The molecule has 0 spiro atoms. The van der Waals surface area contributed by atoms with E-state index in [4.69, 9.17) is 0 Å². The number of H-pyrrole nitrogens is 1. The van der Waals surface area contributed by atoms with Gasteiger partial charge in [0.2, 0.25) is 0 Å². The zero-order valence-corrected chi connectivity index (χ0v) is 13.2. The molecule has 1 heterocycles. The van der Waals surface area contributed by atoms with E-state index in [1.54, 1.807) is 5.56 Å². The summed E-state index contributed by atoms with van der Waals surface area (Å²) in [5.74, 6) is 0. The van der Waals surface area contributed by atoms with E-state index in [1.165, 1.54) is 27.7 Å². The quantitative estimate of drug-likeness (QED) is 0.591. The Morgan fingerprint density at radius 1 is 0.900 bits per heavy atom. The van der Waals surface area contributed by atoms with Crippen molar-refractivity contribution in [2.24, 2.45) is 0 Å². The predicted octanol–water partition coefficient (Wildman–Crippen LogP) is 5.16. The fourth-order valence-electron chi connectivity index (χ4n) is 3.71. The largest absolute Gasteiger partial charge is 0.354 e. The Bertz CT molecular complexity index is 808. The van der Waals surface area contributed by atoms with Crippen LogP contribution in [-0.2, 0) is 0 Å². The van der Waals surface area contributed by atoms with Crippen molar-refractivity contribution in [1.82, 2.24) is 4.98 Å². The number of hydrogen-bond donors (Lipinski definition) is 1. The lowest BCUT2D eigenvalue weighted by molar-refractivity contribution is 1.14. The van der Waals surface area contributed by atoms with Crippen LogP contribution in [0.15, 0.2) is 48.5 Å². The molecule has 0 saturated carbocycles. The van der Waals surface area contributed by atoms with Gasteiger partial charge in [-0.1, -0.05) is 62.1 Å². The number of para-hydroxylation sites is 1. The van der Waals surface area contributed by atoms with Gasteiger partial charge in [-0.05, 0) is 17.2 Å². The van der Waals surface area contributed by atoms with Gasteiger partial charge in [0, 0.05) is 22.0 Å². The van der Waals surface area contributed by atoms with Gasteiger partial charge in [0.05, 0.1) is 13.8 Å². The normalized spacial score (nSPS) is 17.2. The molecule has 1 unspecified atom stereocenters. The Labute approximate surface area is 120 Å². The highest BCUT2D eigenvalue weighted by Crippen LogP contribution is 2.51. The second kappa shape index (κ2) is 3.86. The maximum atomic E-state index is 3.66. The Morgan fingerprint density at radius 3 is 2.40 bits per heavy atom. The third-order valence-corrected chi connectivity index (χ3v) is 6.77. The molecule has 1 aliphatic carbocycles. The molecule has 1 N–H and O–H groups in total. The highest BCUT2D eigenvalue weighted by atomic mass is 28.3. The first-order valence-corrected chi connectivity index (χ1v) is 10.8. The van der Waals surface area contributed by atoms with Crippen LogP contribution < -0.4 is 0 Å². The average Bonchev–Trinajstić information content (AvgIpc) is 2.92. The number of aromatic amines is 1. The lowest BCUT2D eigenvalue weighted by Gasteiger charge is -2.27. The summed E-state index contributed by atoms with van der Waals surface area (Å²) in [4.78, 5) is 3.66. The summed E-state index contributed by atoms with van der Waals surface area (Å²) in [5.41, 5.74) is 7.71. The van der Waals surface area contributed by atoms with Crippen LogP contribution >= 0.6 is 0 Å². The monoisotopic (exact) mass is 277 g/mol. The van der Waals surface area contributed by atoms with Crippen molar-refractivity contribution in [3.63, 3.8) is 0 Å². The van der Waals surface area contributed by atoms with Crippen molar-refractivity contribution in [1.29, 1.82) is 0 Å². The third-order valence-electron chi connectivity index (χ3n) is 4.44. The summed E-state index contributed by atoms with van der Waals surface area (Å²) >= 11 is 0. The lowest BCUT2D eigenvalue weighted by Crippen LogP contribution is -2.30. The van der Waals surface area contributed by atoms with Crippen molar-refractivity contribution in [3.05, 3.63) is 59.7 Å². The van der Waals surface area contributed by atoms with E-state index < -0.39 is 8.07 Å². The highest BCUT2D eigenvalue weighted by Gasteiger charge is 2.39. The highest BCUT2D eigenvalue weighted by molar-refractivity contribution is 6.78. The third kappa shape index (κ3) is 1.48. The Balaban J connectivity index is 2.13. The maximum Gasteiger partial charge on any atom is 0.0575 e. The molecule has 2 heteroatoms. The minimum Gasteiger partial charge on any atom is -0.354 e. The van der Waals surface area contributed by atoms with Crippen molar-refractivity contribution in [3.8, 4) is 11.3 Å². The lowest BCUT2D eigenvalue weighted by atomic mass is 10.1. The second-order valence-corrected chi connectivity index (χ2v) is 12.2. The SMILES string of the molecule is C[Si](C)(C)C1c2ccccc2-c2[nH]c3ccccc3c21. The zero-order chi connectivity index (χ0) is 13.9. The molecular weight excluding hydrogens is 258 g/mol. The molecule has 0 radical (unpaired) electrons. The fourth-order valence-corrected chi connectivity index (χ4v) is 6.06. The van der Waals surface area contributed by atoms with Crippen molar-refractivity contribution >= 4 is 19.0 Å². The van der Waals surface area contributed by atoms with E-state index >= 15 is 0 Å². The fraction of sp³-hybridized carbons (Fsp3) is 0.222. The second-order valence-electron chi connectivity index (χ2n) is 6.85. The number of fused-ring (bicyclic) bond motifs is 5. The van der Waals surface area contributed by atoms with Gasteiger partial charge in [-0.2, -0.15) is 0 Å². The van der Waals surface area contributed by atoms with Crippen molar-refractivity contribution in [2.45, 2.75) is 25.2 Å². The summed E-state index contributed by atoms with van der Waals surface area (Å²) in [5, 5.41) is 1.41. The van der Waals surface area contributed by atoms with E-state index in [2.05, 4.69) is 73.2 Å². The van der Waals surface area contributed by atoms with Gasteiger partial charge in [-0.3, -0.25) is 0 Å². The topological polar surface area (TPSA) is 15.8 Å². The van der Waals surface area contributed by atoms with Crippen LogP contribution in [0.3, 0.4) is 0 Å². The van der Waals surface area contributed by atoms with Gasteiger partial charge in [0.25, 0.3) is 0 Å². The summed E-state index contributed by atoms with van der Waals surface area (Å²) in [6.07, 6.45) is 0. The van der Waals surface area contributed by atoms with Crippen LogP contribution in [0.4, 0.5) is 0 Å². The van der Waals surface area contributed by atoms with Gasteiger partial charge < -0.3 is 4.98 Å². The van der Waals surface area contributed by atoms with Gasteiger partial charge in [-0.15, -0.1) is 0 Å². The summed E-state index contributed by atoms with van der Waals surface area (Å²) in [6, 6.07) is 17.6. The zero-order valence-electron chi connectivity index (χ0n) is 12.2. The molecule has 20 heavy (non-hydrogen) atoms. The van der Waals surface area contributed by atoms with E-state index in [9.17, 15) is 0 Å². The predicted molar refractivity (Wildman–Crippen MR) is 88.9 cm³/mol. The number of hydrogen-bond acceptors (Lipinski definition) is 0. The van der Waals surface area contributed by atoms with Crippen molar-refractivity contribution < 1.29 is 0 Å². The Hall–Kier alpha value is -1.80. The molecule has 1 nitrogen and oxygen atoms in total. The Morgan fingerprint density at radius 2 is 1.60 bits per heavy atom. The molecule has 1 aromatic heterocycles. The number of nitrogens with one attached hydrogen (secondary N) is 1. The molecule has 0 bridgehead atoms. The van der Waals surface area contributed by atoms with Gasteiger partial charge in [0.15, 0.2) is 0 Å². The molecular formula is C18H19NSi. The molecule has 2 aromatic carbocycles. The standard InChI is InChI=1S/C18H19NSi/c1-20(2,3)18-13-9-5-4-8-12(13)17-16(18)14-10-6-7-11-15(14)19-17/h4-11,18-19H,1-3H3. The molecule has 4 rings (SSSR count). The minimum absolute atomic E-state index is 0.602. The molecule has 100 valence electrons. The van der Waals surface area contributed by atoms with E-state index in [-0.39, 0.29) is 0 Å². The summed E-state index contributed by atoms with van der Waals surface area (Å²) in [7, 11) is -1.33. The Kier molecular flexibility index (Phi) is 2.31. The number of aromatic nitrogens is 1. The van der Waals surface area contributed by atoms with Crippen LogP contribution in [0.25, 0.3) is 22.2 Å². The molecule has 0 saturated heterocycles. The van der Waals surface area contributed by atoms with Crippen molar-refractivity contribution in [2.75, 3.05) is 0 Å². The van der Waals surface area contributed by atoms with E-state index in [0.717, 1.165) is 0 Å². The van der Waals surface area contributed by atoms with Gasteiger partial charge >= 0.3 is 0 Å². The van der Waals surface area contributed by atoms with Crippen LogP contribution in [0.2, 0.25) is 19.6 Å². The molecule has 3 aromatic rings. The van der Waals surface area contributed by atoms with Crippen LogP contribution in [0.1, 0.15) is 16.7 Å². The van der Waals surface area contributed by atoms with Gasteiger partial charge in [-0.25, -0.2) is 0 Å². The smallest absolute Gasteiger partial charge is 0.0575 e. The number of rotatable bonds is 1. The molecule has 0 amide bonds. The number of benzene rings is 2. The molecule has 1 aliphatic rings. The van der Waals surface area contributed by atoms with Gasteiger partial charge in [0.1, 0.15) is 0 Å². The molecule has 0 aliphatic heterocycles. The molecule has 1 atom stereocenters. The van der Waals surface area contributed by atoms with Crippen LogP contribution in [0, 0.1) is 0 Å². The maximum absolute atomic E-state index is 3.66. The van der Waals surface area contributed by atoms with Crippen LogP contribution in [0.5, 0.6) is 0 Å². The first-order valence-electron chi connectivity index (χ1n) is 7.27. The van der Waals surface area contributed by atoms with E-state index in [1.807, 2.05) is 0 Å². The van der Waals surface area contributed by atoms with E-state index in [0.29, 0.717) is 5.54 Å². The summed E-state index contributed by atoms with van der Waals surface area (Å²) in [6.45, 7) is 7.43. The first kappa shape index (κ1) is 12.0. The molecule has 0 fully saturated rings. The average molecular weight is 277 g/mol. The first-order chi connectivity index (χ1) is 9.57. The minimum atomic E-state index is -1.33.